The van der Waals surface area contributed by atoms with Gasteiger partial charge < -0.3 is 4.90 Å². The van der Waals surface area contributed by atoms with E-state index < -0.39 is 0 Å². The van der Waals surface area contributed by atoms with Crippen LogP contribution in [0.15, 0.2) is 64.4 Å². The quantitative estimate of drug-likeness (QED) is 0.403. The molecule has 0 saturated heterocycles. The third-order valence-corrected chi connectivity index (χ3v) is 6.51. The molecule has 4 aromatic rings. The third kappa shape index (κ3) is 2.91. The number of hydrogen-bond donors (Lipinski definition) is 0. The molecule has 0 atom stereocenters. The molecule has 0 bridgehead atoms. The molecule has 6 nitrogen and oxygen atoms in total. The Hall–Kier alpha value is -2.81. The van der Waals surface area contributed by atoms with Gasteiger partial charge in [-0.25, -0.2) is 0 Å². The van der Waals surface area contributed by atoms with E-state index in [0.717, 1.165) is 27.1 Å². The predicted molar refractivity (Wildman–Crippen MR) is 122 cm³/mol. The number of thiazole rings is 1. The molecule has 0 unspecified atom stereocenters. The van der Waals surface area contributed by atoms with Gasteiger partial charge in [-0.15, -0.1) is 11.7 Å². The summed E-state index contributed by atoms with van der Waals surface area (Å²) in [6.45, 7) is 4.08. The zero-order chi connectivity index (χ0) is 21.0. The lowest BCUT2D eigenvalue weighted by molar-refractivity contribution is -0.112. The Morgan fingerprint density at radius 2 is 2.03 bits per heavy atom. The van der Waals surface area contributed by atoms with Crippen molar-refractivity contribution in [2.24, 2.45) is 0 Å². The molecule has 0 N–H and O–H groups in total. The van der Waals surface area contributed by atoms with Crippen molar-refractivity contribution in [3.8, 4) is 11.4 Å². The number of carbonyl (C=O) groups is 1. The molecular weight excluding hydrogens is 488 g/mol. The van der Waals surface area contributed by atoms with Crippen molar-refractivity contribution in [3.63, 3.8) is 0 Å². The van der Waals surface area contributed by atoms with Crippen molar-refractivity contribution in [2.45, 2.75) is 0 Å². The first kappa shape index (κ1) is 19.2. The molecule has 3 heterocycles. The zero-order valence-electron chi connectivity index (χ0n) is 15.3. The molecule has 0 radical (unpaired) electrons. The minimum Gasteiger partial charge on any atom is -0.304 e. The van der Waals surface area contributed by atoms with E-state index in [1.807, 2.05) is 24.3 Å². The Bertz CT molecular complexity index is 1480. The number of rotatable bonds is 3. The number of halogens is 2. The molecule has 1 aliphatic heterocycles. The van der Waals surface area contributed by atoms with E-state index in [1.165, 1.54) is 4.52 Å². The van der Waals surface area contributed by atoms with E-state index in [4.69, 9.17) is 11.6 Å². The molecule has 148 valence electrons. The molecule has 2 aromatic carbocycles. The molecule has 0 saturated carbocycles. The number of hydrogen-bond acceptors (Lipinski definition) is 5. The van der Waals surface area contributed by atoms with Crippen LogP contribution in [0.4, 0.5) is 5.69 Å². The highest BCUT2D eigenvalue weighted by molar-refractivity contribution is 9.10. The van der Waals surface area contributed by atoms with E-state index >= 15 is 0 Å². The summed E-state index contributed by atoms with van der Waals surface area (Å²) in [5.41, 5.74) is 2.16. The van der Waals surface area contributed by atoms with Crippen molar-refractivity contribution < 1.29 is 4.79 Å². The van der Waals surface area contributed by atoms with E-state index in [0.29, 0.717) is 38.0 Å². The Morgan fingerprint density at radius 1 is 1.20 bits per heavy atom. The fourth-order valence-electron chi connectivity index (χ4n) is 3.47. The smallest absolute Gasteiger partial charge is 0.291 e. The number of benzene rings is 2. The van der Waals surface area contributed by atoms with Crippen molar-refractivity contribution in [2.75, 3.05) is 11.4 Å². The standard InChI is InChI=1S/C21H12BrClN4O2S/c1-2-8-26-15-7-6-12(22)10-14(15)16(19(26)28)17-20(29)27-21(30-17)24-18(25-27)11-4-3-5-13(23)9-11/h2-7,9-10H,1,8H2/b17-16-. The SMILES string of the molecule is C=CCN1C(=O)/C(=c2\sc3nc(-c4cccc(Cl)c4)nn3c2=O)c2cc(Br)ccc21. The van der Waals surface area contributed by atoms with Crippen molar-refractivity contribution in [1.29, 1.82) is 0 Å². The normalized spacial score (nSPS) is 15.1. The van der Waals surface area contributed by atoms with Gasteiger partial charge in [0.2, 0.25) is 4.96 Å². The van der Waals surface area contributed by atoms with E-state index in [9.17, 15) is 9.59 Å². The van der Waals surface area contributed by atoms with Crippen LogP contribution in [-0.4, -0.2) is 27.0 Å². The van der Waals surface area contributed by atoms with Gasteiger partial charge in [0, 0.05) is 27.2 Å². The number of carbonyl (C=O) groups excluding carboxylic acids is 1. The molecule has 1 amide bonds. The number of fused-ring (bicyclic) bond motifs is 2. The highest BCUT2D eigenvalue weighted by Crippen LogP contribution is 2.37. The molecule has 0 spiro atoms. The predicted octanol–water partition coefficient (Wildman–Crippen LogP) is 3.68. The summed E-state index contributed by atoms with van der Waals surface area (Å²) in [5.74, 6) is 0.172. The average Bonchev–Trinajstić information content (AvgIpc) is 3.34. The van der Waals surface area contributed by atoms with E-state index in [1.54, 1.807) is 29.2 Å². The monoisotopic (exact) mass is 498 g/mol. The van der Waals surface area contributed by atoms with Gasteiger partial charge in [0.15, 0.2) is 5.82 Å². The average molecular weight is 500 g/mol. The van der Waals surface area contributed by atoms with Gasteiger partial charge >= 0.3 is 0 Å². The van der Waals surface area contributed by atoms with E-state index in [2.05, 4.69) is 32.6 Å². The lowest BCUT2D eigenvalue weighted by atomic mass is 10.1. The Balaban J connectivity index is 1.75. The zero-order valence-corrected chi connectivity index (χ0v) is 18.5. The minimum atomic E-state index is -0.370. The number of anilines is 1. The van der Waals surface area contributed by atoms with Gasteiger partial charge in [-0.05, 0) is 30.3 Å². The highest BCUT2D eigenvalue weighted by Gasteiger charge is 2.34. The molecule has 1 aliphatic rings. The van der Waals surface area contributed by atoms with Crippen LogP contribution >= 0.6 is 38.9 Å². The maximum absolute atomic E-state index is 13.2. The fourth-order valence-corrected chi connectivity index (χ4v) is 5.02. The largest absolute Gasteiger partial charge is 0.304 e. The van der Waals surface area contributed by atoms with Crippen molar-refractivity contribution in [1.82, 2.24) is 14.6 Å². The lowest BCUT2D eigenvalue weighted by Gasteiger charge is -2.14. The second-order valence-electron chi connectivity index (χ2n) is 6.62. The third-order valence-electron chi connectivity index (χ3n) is 4.76. The molecular formula is C21H12BrClN4O2S. The van der Waals surface area contributed by atoms with Crippen LogP contribution in [0.1, 0.15) is 5.56 Å². The lowest BCUT2D eigenvalue weighted by Crippen LogP contribution is -2.32. The molecule has 0 aliphatic carbocycles. The second kappa shape index (κ2) is 7.16. The first-order valence-electron chi connectivity index (χ1n) is 8.90. The summed E-state index contributed by atoms with van der Waals surface area (Å²) in [4.78, 5) is 32.8. The summed E-state index contributed by atoms with van der Waals surface area (Å²) < 4.78 is 2.38. The van der Waals surface area contributed by atoms with Gasteiger partial charge in [-0.2, -0.15) is 9.50 Å². The number of nitrogens with zero attached hydrogens (tertiary/aromatic N) is 4. The first-order valence-corrected chi connectivity index (χ1v) is 10.9. The van der Waals surface area contributed by atoms with Gasteiger partial charge in [0.25, 0.3) is 11.5 Å². The number of aromatic nitrogens is 3. The summed E-state index contributed by atoms with van der Waals surface area (Å²) in [7, 11) is 0. The van der Waals surface area contributed by atoms with Crippen LogP contribution in [0.3, 0.4) is 0 Å². The topological polar surface area (TPSA) is 67.6 Å². The summed E-state index contributed by atoms with van der Waals surface area (Å²) >= 11 is 10.7. The second-order valence-corrected chi connectivity index (χ2v) is 8.95. The van der Waals surface area contributed by atoms with Gasteiger partial charge in [-0.3, -0.25) is 9.59 Å². The van der Waals surface area contributed by atoms with E-state index in [-0.39, 0.29) is 11.5 Å². The Labute approximate surface area is 187 Å². The molecule has 30 heavy (non-hydrogen) atoms. The summed E-state index contributed by atoms with van der Waals surface area (Å²) in [5, 5.41) is 4.91. The van der Waals surface area contributed by atoms with Crippen LogP contribution in [0.25, 0.3) is 21.9 Å². The van der Waals surface area contributed by atoms with Gasteiger partial charge in [0.1, 0.15) is 4.53 Å². The molecule has 9 heteroatoms. The summed E-state index contributed by atoms with van der Waals surface area (Å²) in [6.07, 6.45) is 1.66. The van der Waals surface area contributed by atoms with Crippen molar-refractivity contribution in [3.05, 3.63) is 85.1 Å². The first-order chi connectivity index (χ1) is 14.5. The Morgan fingerprint density at radius 3 is 2.77 bits per heavy atom. The highest BCUT2D eigenvalue weighted by atomic mass is 79.9. The molecule has 0 fully saturated rings. The fraction of sp³-hybridized carbons (Fsp3) is 0.0476. The van der Waals surface area contributed by atoms with Crippen LogP contribution < -0.4 is 15.0 Å². The summed E-state index contributed by atoms with van der Waals surface area (Å²) in [6, 6.07) is 12.7. The molecule has 5 rings (SSSR count). The Kier molecular flexibility index (Phi) is 4.57. The van der Waals surface area contributed by atoms with Crippen molar-refractivity contribution >= 4 is 61.0 Å². The van der Waals surface area contributed by atoms with Gasteiger partial charge in [0.05, 0.1) is 11.3 Å². The number of amides is 1. The maximum Gasteiger partial charge on any atom is 0.291 e. The van der Waals surface area contributed by atoms with Crippen LogP contribution in [0.5, 0.6) is 0 Å². The maximum atomic E-state index is 13.2. The van der Waals surface area contributed by atoms with Crippen LogP contribution in [-0.2, 0) is 4.79 Å². The minimum absolute atomic E-state index is 0.236. The van der Waals surface area contributed by atoms with Gasteiger partial charge in [-0.1, -0.05) is 57.1 Å². The van der Waals surface area contributed by atoms with Crippen LogP contribution in [0, 0.1) is 0 Å². The van der Waals surface area contributed by atoms with Crippen LogP contribution in [0.2, 0.25) is 5.02 Å². The molecule has 2 aromatic heterocycles.